The van der Waals surface area contributed by atoms with E-state index in [9.17, 15) is 72.7 Å². The van der Waals surface area contributed by atoms with E-state index < -0.39 is 75.2 Å². The first-order valence-electron chi connectivity index (χ1n) is 9.34. The van der Waals surface area contributed by atoms with Crippen molar-refractivity contribution >= 4 is 6.29 Å². The summed E-state index contributed by atoms with van der Waals surface area (Å²) in [5, 5.41) is 20.0. The lowest BCUT2D eigenvalue weighted by Gasteiger charge is -2.17. The monoisotopic (exact) mass is 559 g/mol. The predicted molar refractivity (Wildman–Crippen MR) is 99.7 cm³/mol. The second kappa shape index (κ2) is 10.9. The summed E-state index contributed by atoms with van der Waals surface area (Å²) < 4.78 is 149. The molecule has 2 rings (SSSR count). The topological polar surface area (TPSA) is 80.4 Å². The van der Waals surface area contributed by atoms with Gasteiger partial charge in [-0.05, 0) is 42.0 Å². The molecular formula is C20H13F12NO4. The highest BCUT2D eigenvalue weighted by atomic mass is 19.4. The first kappa shape index (κ1) is 31.7. The van der Waals surface area contributed by atoms with Crippen LogP contribution in [-0.4, -0.2) is 22.4 Å². The first-order valence-corrected chi connectivity index (χ1v) is 9.34. The van der Waals surface area contributed by atoms with Gasteiger partial charge in [-0.25, -0.2) is 0 Å². The van der Waals surface area contributed by atoms with Crippen LogP contribution in [-0.2, 0) is 24.7 Å². The molecule has 0 spiro atoms. The van der Waals surface area contributed by atoms with Crippen molar-refractivity contribution in [3.05, 3.63) is 79.9 Å². The molecule has 0 amide bonds. The maximum Gasteiger partial charge on any atom is 0.416 e. The lowest BCUT2D eigenvalue weighted by atomic mass is 9.98. The highest BCUT2D eigenvalue weighted by Gasteiger charge is 2.39. The Hall–Kier alpha value is -3.37. The minimum absolute atomic E-state index is 0.0347. The number of aliphatic hydroxyl groups is 1. The number of carbonyl (C=O) groups is 1. The van der Waals surface area contributed by atoms with Crippen molar-refractivity contribution in [1.82, 2.24) is 0 Å². The molecule has 0 bridgehead atoms. The second-order valence-corrected chi connectivity index (χ2v) is 7.27. The van der Waals surface area contributed by atoms with Gasteiger partial charge in [-0.15, -0.1) is 0 Å². The normalized spacial score (nSPS) is 14.3. The Bertz CT molecular complexity index is 1060. The van der Waals surface area contributed by atoms with Gasteiger partial charge >= 0.3 is 24.7 Å². The standard InChI is InChI=1S/C11H9F6NO3.C9H4F6O/c1-5(18(20)21)9(19)6-2-7(10(12,13)14)4-8(3-6)11(15,16)17;10-8(11,12)6-1-5(4-16)2-7(3-6)9(13,14)15/h2-5,9,19H,1H3;1-4H. The van der Waals surface area contributed by atoms with Gasteiger partial charge in [-0.1, -0.05) is 0 Å². The third-order valence-corrected chi connectivity index (χ3v) is 4.49. The number of nitro groups is 1. The summed E-state index contributed by atoms with van der Waals surface area (Å²) in [5.74, 6) is 0. The van der Waals surface area contributed by atoms with Crippen LogP contribution in [0.15, 0.2) is 36.4 Å². The van der Waals surface area contributed by atoms with E-state index in [0.717, 1.165) is 6.92 Å². The molecule has 0 aliphatic carbocycles. The van der Waals surface area contributed by atoms with E-state index in [0.29, 0.717) is 12.1 Å². The fraction of sp³-hybridized carbons (Fsp3) is 0.350. The van der Waals surface area contributed by atoms with Crippen molar-refractivity contribution in [2.75, 3.05) is 0 Å². The summed E-state index contributed by atoms with van der Waals surface area (Å²) in [6.45, 7) is 0.873. The van der Waals surface area contributed by atoms with E-state index in [-0.39, 0.29) is 30.6 Å². The van der Waals surface area contributed by atoms with Gasteiger partial charge in [-0.3, -0.25) is 14.9 Å². The van der Waals surface area contributed by atoms with Crippen LogP contribution >= 0.6 is 0 Å². The molecule has 206 valence electrons. The van der Waals surface area contributed by atoms with E-state index in [4.69, 9.17) is 0 Å². The molecular weight excluding hydrogens is 546 g/mol. The van der Waals surface area contributed by atoms with Crippen LogP contribution in [0.5, 0.6) is 0 Å². The SMILES string of the molecule is CC(C(O)c1cc(C(F)(F)F)cc(C(F)(F)F)c1)[N+](=O)[O-].O=Cc1cc(C(F)(F)F)cc(C(F)(F)F)c1. The molecule has 0 heterocycles. The molecule has 5 nitrogen and oxygen atoms in total. The van der Waals surface area contributed by atoms with Gasteiger partial charge in [-0.2, -0.15) is 52.7 Å². The number of halogens is 12. The van der Waals surface area contributed by atoms with Gasteiger partial charge in [0, 0.05) is 17.4 Å². The second-order valence-electron chi connectivity index (χ2n) is 7.27. The highest BCUT2D eigenvalue weighted by molar-refractivity contribution is 5.75. The molecule has 2 aromatic carbocycles. The number of nitrogens with zero attached hydrogens (tertiary/aromatic N) is 1. The summed E-state index contributed by atoms with van der Waals surface area (Å²) in [7, 11) is 0. The molecule has 0 aliphatic rings. The number of alkyl halides is 12. The van der Waals surface area contributed by atoms with Crippen LogP contribution in [0.25, 0.3) is 0 Å². The van der Waals surface area contributed by atoms with E-state index in [1.165, 1.54) is 0 Å². The molecule has 37 heavy (non-hydrogen) atoms. The van der Waals surface area contributed by atoms with Gasteiger partial charge < -0.3 is 5.11 Å². The van der Waals surface area contributed by atoms with E-state index >= 15 is 0 Å². The number of aliphatic hydroxyl groups excluding tert-OH is 1. The maximum atomic E-state index is 12.6. The smallest absolute Gasteiger partial charge is 0.381 e. The minimum atomic E-state index is -5.08. The lowest BCUT2D eigenvalue weighted by Crippen LogP contribution is -2.25. The van der Waals surface area contributed by atoms with Gasteiger partial charge in [0.15, 0.2) is 0 Å². The lowest BCUT2D eigenvalue weighted by molar-refractivity contribution is -0.531. The third-order valence-electron chi connectivity index (χ3n) is 4.49. The predicted octanol–water partition coefficient (Wildman–Crippen LogP) is 6.96. The largest absolute Gasteiger partial charge is 0.416 e. The molecule has 2 unspecified atom stereocenters. The van der Waals surface area contributed by atoms with Crippen molar-refractivity contribution in [3.63, 3.8) is 0 Å². The van der Waals surface area contributed by atoms with Crippen LogP contribution in [0.2, 0.25) is 0 Å². The zero-order valence-corrected chi connectivity index (χ0v) is 17.9. The molecule has 0 saturated carbocycles. The van der Waals surface area contributed by atoms with Crippen molar-refractivity contribution in [3.8, 4) is 0 Å². The number of hydrogen-bond donors (Lipinski definition) is 1. The quantitative estimate of drug-likeness (QED) is 0.190. The zero-order valence-electron chi connectivity index (χ0n) is 17.9. The Morgan fingerprint density at radius 1 is 0.703 bits per heavy atom. The fourth-order valence-corrected chi connectivity index (χ4v) is 2.59. The Morgan fingerprint density at radius 2 is 1.00 bits per heavy atom. The molecule has 0 aliphatic heterocycles. The molecule has 1 N–H and O–H groups in total. The minimum Gasteiger partial charge on any atom is -0.381 e. The Labute approximate surface area is 198 Å². The number of rotatable bonds is 4. The summed E-state index contributed by atoms with van der Waals surface area (Å²) in [4.78, 5) is 19.7. The van der Waals surface area contributed by atoms with Crippen LogP contribution in [0.4, 0.5) is 52.7 Å². The Morgan fingerprint density at radius 3 is 1.24 bits per heavy atom. The maximum absolute atomic E-state index is 12.6. The molecule has 0 fully saturated rings. The fourth-order valence-electron chi connectivity index (χ4n) is 2.59. The van der Waals surface area contributed by atoms with Gasteiger partial charge in [0.1, 0.15) is 12.4 Å². The summed E-state index contributed by atoms with van der Waals surface area (Å²) in [6.07, 6.45) is -22.1. The van der Waals surface area contributed by atoms with Crippen LogP contribution in [0, 0.1) is 10.1 Å². The molecule has 0 aromatic heterocycles. The van der Waals surface area contributed by atoms with Crippen LogP contribution < -0.4 is 0 Å². The van der Waals surface area contributed by atoms with E-state index in [2.05, 4.69) is 0 Å². The molecule has 2 atom stereocenters. The molecule has 0 saturated heterocycles. The van der Waals surface area contributed by atoms with Crippen LogP contribution in [0.3, 0.4) is 0 Å². The van der Waals surface area contributed by atoms with E-state index in [1.54, 1.807) is 0 Å². The average Bonchev–Trinajstić information content (AvgIpc) is 2.75. The number of aldehydes is 1. The molecule has 0 radical (unpaired) electrons. The highest BCUT2D eigenvalue weighted by Crippen LogP contribution is 2.38. The van der Waals surface area contributed by atoms with Crippen molar-refractivity contribution in [1.29, 1.82) is 0 Å². The summed E-state index contributed by atoms with van der Waals surface area (Å²) in [6, 6.07) is -0.654. The zero-order chi connectivity index (χ0) is 29.1. The van der Waals surface area contributed by atoms with Gasteiger partial charge in [0.2, 0.25) is 6.04 Å². The third kappa shape index (κ3) is 8.91. The number of carbonyl (C=O) groups excluding carboxylic acids is 1. The van der Waals surface area contributed by atoms with Crippen molar-refractivity contribution in [2.24, 2.45) is 0 Å². The molecule has 17 heteroatoms. The molecule has 2 aromatic rings. The number of benzene rings is 2. The average molecular weight is 559 g/mol. The Kier molecular flexibility index (Phi) is 9.36. The van der Waals surface area contributed by atoms with Gasteiger partial charge in [0.25, 0.3) is 0 Å². The number of hydrogen-bond acceptors (Lipinski definition) is 4. The van der Waals surface area contributed by atoms with E-state index in [1.807, 2.05) is 0 Å². The van der Waals surface area contributed by atoms with Crippen molar-refractivity contribution < 1.29 is 67.5 Å². The summed E-state index contributed by atoms with van der Waals surface area (Å²) >= 11 is 0. The van der Waals surface area contributed by atoms with Crippen LogP contribution in [0.1, 0.15) is 51.2 Å². The first-order chi connectivity index (χ1) is 16.5. The van der Waals surface area contributed by atoms with Crippen molar-refractivity contribution in [2.45, 2.75) is 43.8 Å². The summed E-state index contributed by atoms with van der Waals surface area (Å²) in [5.41, 5.74) is -7.75. The van der Waals surface area contributed by atoms with Gasteiger partial charge in [0.05, 0.1) is 22.3 Å². The Balaban J connectivity index is 0.000000384.